The van der Waals surface area contributed by atoms with Crippen LogP contribution in [-0.4, -0.2) is 26.2 Å². The summed E-state index contributed by atoms with van der Waals surface area (Å²) in [7, 11) is 1.62. The van der Waals surface area contributed by atoms with Crippen molar-refractivity contribution in [2.24, 2.45) is 0 Å². The van der Waals surface area contributed by atoms with E-state index in [-0.39, 0.29) is 0 Å². The molecule has 17 heavy (non-hydrogen) atoms. The lowest BCUT2D eigenvalue weighted by Crippen LogP contribution is -2.24. The van der Waals surface area contributed by atoms with Gasteiger partial charge in [-0.25, -0.2) is 0 Å². The van der Waals surface area contributed by atoms with E-state index in [1.807, 2.05) is 6.07 Å². The van der Waals surface area contributed by atoms with Crippen LogP contribution in [0, 0.1) is 11.3 Å². The van der Waals surface area contributed by atoms with Gasteiger partial charge in [0.2, 0.25) is 0 Å². The maximum atomic E-state index is 8.99. The first kappa shape index (κ1) is 11.7. The van der Waals surface area contributed by atoms with Crippen molar-refractivity contribution < 1.29 is 4.74 Å². The second-order valence-electron chi connectivity index (χ2n) is 4.18. The lowest BCUT2D eigenvalue weighted by atomic mass is 10.2. The Morgan fingerprint density at radius 3 is 2.88 bits per heavy atom. The number of rotatable bonds is 6. The van der Waals surface area contributed by atoms with Gasteiger partial charge in [0, 0.05) is 25.2 Å². The minimum atomic E-state index is 0.650. The number of nitrogens with one attached hydrogen (secondary N) is 2. The summed E-state index contributed by atoms with van der Waals surface area (Å²) in [6, 6.07) is 8.32. The van der Waals surface area contributed by atoms with Crippen molar-refractivity contribution in [3.63, 3.8) is 0 Å². The maximum absolute atomic E-state index is 8.99. The van der Waals surface area contributed by atoms with Gasteiger partial charge in [0.25, 0.3) is 0 Å². The number of hydrogen-bond donors (Lipinski definition) is 2. The Morgan fingerprint density at radius 1 is 1.41 bits per heavy atom. The third-order valence-corrected chi connectivity index (χ3v) is 2.80. The van der Waals surface area contributed by atoms with E-state index in [2.05, 4.69) is 16.7 Å². The highest BCUT2D eigenvalue weighted by molar-refractivity contribution is 5.60. The summed E-state index contributed by atoms with van der Waals surface area (Å²) in [4.78, 5) is 0. The number of anilines is 1. The lowest BCUT2D eigenvalue weighted by Gasteiger charge is -2.10. The van der Waals surface area contributed by atoms with Crippen molar-refractivity contribution in [1.29, 1.82) is 5.26 Å². The smallest absolute Gasteiger partial charge is 0.121 e. The molecule has 4 nitrogen and oxygen atoms in total. The normalized spacial score (nSPS) is 14.1. The van der Waals surface area contributed by atoms with Gasteiger partial charge in [-0.05, 0) is 25.0 Å². The molecule has 0 bridgehead atoms. The molecule has 0 atom stereocenters. The van der Waals surface area contributed by atoms with Gasteiger partial charge in [0.1, 0.15) is 11.8 Å². The Kier molecular flexibility index (Phi) is 3.84. The largest absolute Gasteiger partial charge is 0.497 e. The van der Waals surface area contributed by atoms with Gasteiger partial charge < -0.3 is 15.4 Å². The van der Waals surface area contributed by atoms with Crippen molar-refractivity contribution in [1.82, 2.24) is 5.32 Å². The topological polar surface area (TPSA) is 57.1 Å². The SMILES string of the molecule is COc1ccc(C#N)c(NCCNC2CC2)c1. The molecule has 1 aliphatic rings. The summed E-state index contributed by atoms with van der Waals surface area (Å²) in [6.07, 6.45) is 2.59. The fourth-order valence-corrected chi connectivity index (χ4v) is 1.66. The van der Waals surface area contributed by atoms with Gasteiger partial charge in [-0.15, -0.1) is 0 Å². The van der Waals surface area contributed by atoms with Crippen LogP contribution in [-0.2, 0) is 0 Å². The fraction of sp³-hybridized carbons (Fsp3) is 0.462. The van der Waals surface area contributed by atoms with Crippen LogP contribution >= 0.6 is 0 Å². The van der Waals surface area contributed by atoms with Crippen molar-refractivity contribution in [2.75, 3.05) is 25.5 Å². The minimum absolute atomic E-state index is 0.650. The molecule has 4 heteroatoms. The van der Waals surface area contributed by atoms with Gasteiger partial charge in [-0.1, -0.05) is 0 Å². The first-order valence-corrected chi connectivity index (χ1v) is 5.89. The fourth-order valence-electron chi connectivity index (χ4n) is 1.66. The van der Waals surface area contributed by atoms with Crippen LogP contribution in [0.25, 0.3) is 0 Å². The third kappa shape index (κ3) is 3.36. The molecule has 1 aliphatic carbocycles. The molecule has 0 radical (unpaired) electrons. The molecule has 1 aromatic rings. The molecular formula is C13H17N3O. The van der Waals surface area contributed by atoms with Crippen LogP contribution in [0.1, 0.15) is 18.4 Å². The number of methoxy groups -OCH3 is 1. The summed E-state index contributed by atoms with van der Waals surface area (Å²) in [5.41, 5.74) is 1.49. The van der Waals surface area contributed by atoms with E-state index in [9.17, 15) is 0 Å². The summed E-state index contributed by atoms with van der Waals surface area (Å²) in [6.45, 7) is 1.74. The zero-order chi connectivity index (χ0) is 12.1. The van der Waals surface area contributed by atoms with Crippen molar-refractivity contribution in [2.45, 2.75) is 18.9 Å². The van der Waals surface area contributed by atoms with Crippen LogP contribution in [0.2, 0.25) is 0 Å². The molecule has 0 spiro atoms. The lowest BCUT2D eigenvalue weighted by molar-refractivity contribution is 0.415. The number of benzene rings is 1. The monoisotopic (exact) mass is 231 g/mol. The van der Waals surface area contributed by atoms with Crippen LogP contribution < -0.4 is 15.4 Å². The molecule has 0 aliphatic heterocycles. The van der Waals surface area contributed by atoms with E-state index >= 15 is 0 Å². The average molecular weight is 231 g/mol. The Hall–Kier alpha value is -1.73. The molecular weight excluding hydrogens is 214 g/mol. The second kappa shape index (κ2) is 5.55. The van der Waals surface area contributed by atoms with E-state index in [1.165, 1.54) is 12.8 Å². The number of nitriles is 1. The Morgan fingerprint density at radius 2 is 2.24 bits per heavy atom. The number of ether oxygens (including phenoxy) is 1. The third-order valence-electron chi connectivity index (χ3n) is 2.80. The predicted molar refractivity (Wildman–Crippen MR) is 67.2 cm³/mol. The predicted octanol–water partition coefficient (Wildman–Crippen LogP) is 1.73. The standard InChI is InChI=1S/C13H17N3O/c1-17-12-5-2-10(9-14)13(8-12)16-7-6-15-11-3-4-11/h2,5,8,11,15-16H,3-4,6-7H2,1H3. The molecule has 2 N–H and O–H groups in total. The van der Waals surface area contributed by atoms with Gasteiger partial charge in [-0.3, -0.25) is 0 Å². The quantitative estimate of drug-likeness (QED) is 0.732. The molecule has 0 saturated heterocycles. The van der Waals surface area contributed by atoms with E-state index in [1.54, 1.807) is 19.2 Å². The van der Waals surface area contributed by atoms with Crippen LogP contribution in [0.15, 0.2) is 18.2 Å². The highest BCUT2D eigenvalue weighted by Crippen LogP contribution is 2.21. The average Bonchev–Trinajstić information content (AvgIpc) is 3.18. The summed E-state index contributed by atoms with van der Waals surface area (Å²) >= 11 is 0. The van der Waals surface area contributed by atoms with Gasteiger partial charge in [-0.2, -0.15) is 5.26 Å². The van der Waals surface area contributed by atoms with E-state index < -0.39 is 0 Å². The van der Waals surface area contributed by atoms with E-state index in [0.29, 0.717) is 5.56 Å². The van der Waals surface area contributed by atoms with Gasteiger partial charge in [0.15, 0.2) is 0 Å². The zero-order valence-electron chi connectivity index (χ0n) is 9.99. The first-order valence-electron chi connectivity index (χ1n) is 5.89. The Balaban J connectivity index is 1.90. The van der Waals surface area contributed by atoms with Crippen molar-refractivity contribution >= 4 is 5.69 Å². The molecule has 0 amide bonds. The molecule has 2 rings (SSSR count). The van der Waals surface area contributed by atoms with Gasteiger partial charge >= 0.3 is 0 Å². The molecule has 1 fully saturated rings. The molecule has 1 aromatic carbocycles. The molecule has 0 heterocycles. The summed E-state index contributed by atoms with van der Waals surface area (Å²) < 4.78 is 5.14. The maximum Gasteiger partial charge on any atom is 0.121 e. The zero-order valence-corrected chi connectivity index (χ0v) is 9.99. The van der Waals surface area contributed by atoms with E-state index in [4.69, 9.17) is 10.00 Å². The molecule has 90 valence electrons. The highest BCUT2D eigenvalue weighted by atomic mass is 16.5. The molecule has 0 unspecified atom stereocenters. The highest BCUT2D eigenvalue weighted by Gasteiger charge is 2.19. The summed E-state index contributed by atoms with van der Waals surface area (Å²) in [5.74, 6) is 0.765. The second-order valence-corrected chi connectivity index (χ2v) is 4.18. The summed E-state index contributed by atoms with van der Waals surface area (Å²) in [5, 5.41) is 15.7. The van der Waals surface area contributed by atoms with Crippen LogP contribution in [0.3, 0.4) is 0 Å². The van der Waals surface area contributed by atoms with Crippen molar-refractivity contribution in [3.8, 4) is 11.8 Å². The Bertz CT molecular complexity index is 421. The molecule has 1 saturated carbocycles. The molecule has 0 aromatic heterocycles. The van der Waals surface area contributed by atoms with Gasteiger partial charge in [0.05, 0.1) is 18.4 Å². The number of hydrogen-bond acceptors (Lipinski definition) is 4. The number of nitrogens with zero attached hydrogens (tertiary/aromatic N) is 1. The van der Waals surface area contributed by atoms with E-state index in [0.717, 1.165) is 30.6 Å². The Labute approximate surface area is 102 Å². The van der Waals surface area contributed by atoms with Crippen molar-refractivity contribution in [3.05, 3.63) is 23.8 Å². The first-order chi connectivity index (χ1) is 8.33. The van der Waals surface area contributed by atoms with Crippen LogP contribution in [0.4, 0.5) is 5.69 Å². The van der Waals surface area contributed by atoms with Crippen LogP contribution in [0.5, 0.6) is 5.75 Å². The minimum Gasteiger partial charge on any atom is -0.497 e.